The summed E-state index contributed by atoms with van der Waals surface area (Å²) in [6.07, 6.45) is 1.55. The molecule has 0 spiro atoms. The zero-order chi connectivity index (χ0) is 19.4. The van der Waals surface area contributed by atoms with E-state index in [1.165, 1.54) is 7.11 Å². The summed E-state index contributed by atoms with van der Waals surface area (Å²) in [7, 11) is 1.54. The second-order valence-corrected chi connectivity index (χ2v) is 6.16. The monoisotopic (exact) mass is 389 g/mol. The number of halogens is 1. The highest BCUT2D eigenvalue weighted by molar-refractivity contribution is 6.47. The van der Waals surface area contributed by atoms with E-state index in [0.29, 0.717) is 59.6 Å². The van der Waals surface area contributed by atoms with Crippen LogP contribution in [0.3, 0.4) is 0 Å². The van der Waals surface area contributed by atoms with E-state index in [0.717, 1.165) is 0 Å². The third-order valence-corrected chi connectivity index (χ3v) is 4.21. The second-order valence-electron chi connectivity index (χ2n) is 5.75. The zero-order valence-corrected chi connectivity index (χ0v) is 15.8. The molecule has 0 fully saturated rings. The molecule has 3 rings (SSSR count). The molecule has 2 N–H and O–H groups in total. The number of nitrogen functional groups attached to an aromatic ring is 1. The lowest BCUT2D eigenvalue weighted by Crippen LogP contribution is -2.16. The van der Waals surface area contributed by atoms with Gasteiger partial charge in [0.1, 0.15) is 19.0 Å². The Bertz CT molecular complexity index is 877. The Kier molecular flexibility index (Phi) is 5.76. The standard InChI is InChI=1S/C20H20ClNO5/c1-3-25-16-5-4-13(11-15(16)22)19(23)14(21)8-12-9-17(24-2)20-18(10-12)26-6-7-27-20/h4-5,8-11H,3,6-7,22H2,1-2H3/b14-8+. The van der Waals surface area contributed by atoms with Gasteiger partial charge >= 0.3 is 0 Å². The number of fused-ring (bicyclic) bond motifs is 1. The number of hydrogen-bond acceptors (Lipinski definition) is 6. The first-order valence-electron chi connectivity index (χ1n) is 8.45. The number of ether oxygens (including phenoxy) is 4. The van der Waals surface area contributed by atoms with Crippen LogP contribution in [0, 0.1) is 0 Å². The molecule has 1 aliphatic heterocycles. The van der Waals surface area contributed by atoms with Gasteiger partial charge in [0, 0.05) is 5.56 Å². The molecule has 2 aromatic carbocycles. The Hall–Kier alpha value is -2.86. The predicted molar refractivity (Wildman–Crippen MR) is 104 cm³/mol. The van der Waals surface area contributed by atoms with Gasteiger partial charge in [0.25, 0.3) is 0 Å². The highest BCUT2D eigenvalue weighted by atomic mass is 35.5. The molecular weight excluding hydrogens is 370 g/mol. The number of methoxy groups -OCH3 is 1. The summed E-state index contributed by atoms with van der Waals surface area (Å²) in [6, 6.07) is 8.32. The second kappa shape index (κ2) is 8.22. The first-order valence-corrected chi connectivity index (χ1v) is 8.83. The lowest BCUT2D eigenvalue weighted by atomic mass is 10.1. The zero-order valence-electron chi connectivity index (χ0n) is 15.1. The highest BCUT2D eigenvalue weighted by Gasteiger charge is 2.19. The van der Waals surface area contributed by atoms with Crippen molar-refractivity contribution < 1.29 is 23.7 Å². The van der Waals surface area contributed by atoms with Crippen LogP contribution in [-0.4, -0.2) is 32.7 Å². The van der Waals surface area contributed by atoms with Gasteiger partial charge in [0.2, 0.25) is 11.5 Å². The minimum Gasteiger partial charge on any atom is -0.493 e. The lowest BCUT2D eigenvalue weighted by molar-refractivity contribution is 0.104. The Morgan fingerprint density at radius 2 is 2.00 bits per heavy atom. The van der Waals surface area contributed by atoms with Crippen molar-refractivity contribution in [3.63, 3.8) is 0 Å². The van der Waals surface area contributed by atoms with Gasteiger partial charge < -0.3 is 24.7 Å². The molecule has 0 bridgehead atoms. The van der Waals surface area contributed by atoms with Crippen molar-refractivity contribution in [1.29, 1.82) is 0 Å². The molecule has 0 saturated heterocycles. The van der Waals surface area contributed by atoms with Crippen LogP contribution >= 0.6 is 11.6 Å². The van der Waals surface area contributed by atoms with E-state index in [4.69, 9.17) is 36.3 Å². The van der Waals surface area contributed by atoms with Gasteiger partial charge in [0.05, 0.1) is 24.4 Å². The minimum atomic E-state index is -0.347. The highest BCUT2D eigenvalue weighted by Crippen LogP contribution is 2.41. The van der Waals surface area contributed by atoms with E-state index in [2.05, 4.69) is 0 Å². The van der Waals surface area contributed by atoms with Crippen molar-refractivity contribution >= 4 is 29.1 Å². The Morgan fingerprint density at radius 3 is 2.70 bits per heavy atom. The number of allylic oxidation sites excluding steroid dienone is 1. The molecule has 142 valence electrons. The lowest BCUT2D eigenvalue weighted by Gasteiger charge is -2.21. The van der Waals surface area contributed by atoms with E-state index in [-0.39, 0.29) is 10.8 Å². The number of carbonyl (C=O) groups is 1. The number of rotatable bonds is 6. The average molecular weight is 390 g/mol. The number of nitrogens with two attached hydrogens (primary N) is 1. The summed E-state index contributed by atoms with van der Waals surface area (Å²) in [5.41, 5.74) is 7.35. The van der Waals surface area contributed by atoms with Crippen molar-refractivity contribution in [2.75, 3.05) is 32.7 Å². The molecule has 6 nitrogen and oxygen atoms in total. The predicted octanol–water partition coefficient (Wildman–Crippen LogP) is 3.91. The molecule has 0 atom stereocenters. The van der Waals surface area contributed by atoms with Crippen LogP contribution in [0.5, 0.6) is 23.0 Å². The van der Waals surface area contributed by atoms with E-state index in [1.54, 1.807) is 36.4 Å². The van der Waals surface area contributed by atoms with Crippen LogP contribution < -0.4 is 24.7 Å². The third kappa shape index (κ3) is 4.11. The first kappa shape index (κ1) is 18.9. The summed E-state index contributed by atoms with van der Waals surface area (Å²) >= 11 is 6.26. The minimum absolute atomic E-state index is 0.0392. The topological polar surface area (TPSA) is 80.0 Å². The van der Waals surface area contributed by atoms with Gasteiger partial charge in [-0.2, -0.15) is 0 Å². The van der Waals surface area contributed by atoms with Crippen LogP contribution in [0.4, 0.5) is 5.69 Å². The van der Waals surface area contributed by atoms with Crippen LogP contribution in [0.25, 0.3) is 6.08 Å². The van der Waals surface area contributed by atoms with Crippen LogP contribution in [0.1, 0.15) is 22.8 Å². The van der Waals surface area contributed by atoms with Crippen molar-refractivity contribution in [2.45, 2.75) is 6.92 Å². The molecule has 0 amide bonds. The van der Waals surface area contributed by atoms with E-state index in [1.807, 2.05) is 6.92 Å². The van der Waals surface area contributed by atoms with Crippen molar-refractivity contribution in [1.82, 2.24) is 0 Å². The fraction of sp³-hybridized carbons (Fsp3) is 0.250. The smallest absolute Gasteiger partial charge is 0.204 e. The van der Waals surface area contributed by atoms with E-state index in [9.17, 15) is 4.79 Å². The van der Waals surface area contributed by atoms with Crippen LogP contribution in [-0.2, 0) is 0 Å². The number of ketones is 1. The van der Waals surface area contributed by atoms with Gasteiger partial charge in [-0.15, -0.1) is 0 Å². The van der Waals surface area contributed by atoms with Crippen molar-refractivity contribution in [3.8, 4) is 23.0 Å². The molecular formula is C20H20ClNO5. The maximum atomic E-state index is 12.6. The van der Waals surface area contributed by atoms with Gasteiger partial charge in [-0.1, -0.05) is 11.6 Å². The summed E-state index contributed by atoms with van der Waals surface area (Å²) < 4.78 is 21.9. The summed E-state index contributed by atoms with van der Waals surface area (Å²) in [4.78, 5) is 12.6. The van der Waals surface area contributed by atoms with Crippen LogP contribution in [0.2, 0.25) is 0 Å². The third-order valence-electron chi connectivity index (χ3n) is 3.93. The molecule has 27 heavy (non-hydrogen) atoms. The average Bonchev–Trinajstić information content (AvgIpc) is 2.68. The Morgan fingerprint density at radius 1 is 1.22 bits per heavy atom. The number of carbonyl (C=O) groups excluding carboxylic acids is 1. The van der Waals surface area contributed by atoms with Gasteiger partial charge in [-0.25, -0.2) is 0 Å². The van der Waals surface area contributed by atoms with Gasteiger partial charge in [0.15, 0.2) is 11.5 Å². The molecule has 0 aromatic heterocycles. The van der Waals surface area contributed by atoms with Crippen LogP contribution in [0.15, 0.2) is 35.4 Å². The van der Waals surface area contributed by atoms with E-state index >= 15 is 0 Å². The van der Waals surface area contributed by atoms with Crippen molar-refractivity contribution in [3.05, 3.63) is 46.5 Å². The molecule has 1 heterocycles. The largest absolute Gasteiger partial charge is 0.493 e. The number of benzene rings is 2. The Balaban J connectivity index is 1.89. The molecule has 1 aliphatic rings. The number of Topliss-reactive ketones (excluding diaryl/α,β-unsaturated/α-hetero) is 1. The molecule has 2 aromatic rings. The molecule has 0 aliphatic carbocycles. The van der Waals surface area contributed by atoms with Gasteiger partial charge in [-0.05, 0) is 48.9 Å². The SMILES string of the molecule is CCOc1ccc(C(=O)/C(Cl)=C\c2cc(OC)c3c(c2)OCCO3)cc1N. The number of anilines is 1. The molecule has 0 unspecified atom stereocenters. The number of hydrogen-bond donors (Lipinski definition) is 1. The summed E-state index contributed by atoms with van der Waals surface area (Å²) in [5.74, 6) is 1.79. The first-order chi connectivity index (χ1) is 13.0. The van der Waals surface area contributed by atoms with Gasteiger partial charge in [-0.3, -0.25) is 4.79 Å². The normalized spacial score (nSPS) is 13.2. The van der Waals surface area contributed by atoms with E-state index < -0.39 is 0 Å². The van der Waals surface area contributed by atoms with Crippen molar-refractivity contribution in [2.24, 2.45) is 0 Å². The fourth-order valence-corrected chi connectivity index (χ4v) is 2.94. The fourth-order valence-electron chi connectivity index (χ4n) is 2.70. The molecule has 0 saturated carbocycles. The maximum absolute atomic E-state index is 12.6. The Labute approximate surface area is 162 Å². The quantitative estimate of drug-likeness (QED) is 0.458. The maximum Gasteiger partial charge on any atom is 0.204 e. The summed E-state index contributed by atoms with van der Waals surface area (Å²) in [6.45, 7) is 3.25. The molecule has 0 radical (unpaired) electrons. The summed E-state index contributed by atoms with van der Waals surface area (Å²) in [5, 5.41) is 0.0392. The molecule has 7 heteroatoms.